The largest absolute Gasteiger partial charge is 0.534 e. The van der Waals surface area contributed by atoms with Crippen LogP contribution in [0.5, 0.6) is 0 Å². The van der Waals surface area contributed by atoms with Crippen LogP contribution in [-0.2, 0) is 29.2 Å². The molecule has 25 heavy (non-hydrogen) atoms. The van der Waals surface area contributed by atoms with Gasteiger partial charge in [0.25, 0.3) is 0 Å². The maximum Gasteiger partial charge on any atom is 0.534 e. The van der Waals surface area contributed by atoms with Crippen molar-refractivity contribution in [2.75, 3.05) is 7.11 Å². The van der Waals surface area contributed by atoms with Gasteiger partial charge in [0.2, 0.25) is 0 Å². The number of carbonyl (C=O) groups excluding carboxylic acids is 1. The second-order valence-electron chi connectivity index (χ2n) is 5.47. The highest BCUT2D eigenvalue weighted by molar-refractivity contribution is 7.87. The number of benzene rings is 1. The van der Waals surface area contributed by atoms with Gasteiger partial charge in [0.1, 0.15) is 17.0 Å². The zero-order valence-electron chi connectivity index (χ0n) is 13.2. The van der Waals surface area contributed by atoms with E-state index in [2.05, 4.69) is 4.18 Å². The highest BCUT2D eigenvalue weighted by atomic mass is 32.2. The topological polar surface area (TPSA) is 69.7 Å². The van der Waals surface area contributed by atoms with Crippen molar-refractivity contribution in [1.82, 2.24) is 0 Å². The summed E-state index contributed by atoms with van der Waals surface area (Å²) >= 11 is 0. The summed E-state index contributed by atoms with van der Waals surface area (Å²) in [5.41, 5.74) is -6.96. The van der Waals surface area contributed by atoms with E-state index in [4.69, 9.17) is 4.74 Å². The second kappa shape index (κ2) is 6.32. The van der Waals surface area contributed by atoms with Gasteiger partial charge in [-0.3, -0.25) is 4.79 Å². The Labute approximate surface area is 141 Å². The monoisotopic (exact) mass is 382 g/mol. The number of allylic oxidation sites excluding steroid dienone is 1. The van der Waals surface area contributed by atoms with Crippen LogP contribution in [0.3, 0.4) is 0 Å². The van der Waals surface area contributed by atoms with E-state index in [0.29, 0.717) is 0 Å². The van der Waals surface area contributed by atoms with Crippen molar-refractivity contribution < 1.29 is 39.7 Å². The van der Waals surface area contributed by atoms with E-state index in [0.717, 1.165) is 19.3 Å². The van der Waals surface area contributed by atoms with Gasteiger partial charge in [-0.05, 0) is 36.6 Å². The summed E-state index contributed by atoms with van der Waals surface area (Å²) in [6, 6.07) is 3.92. The van der Waals surface area contributed by atoms with Crippen LogP contribution in [0.15, 0.2) is 30.0 Å². The molecule has 0 saturated carbocycles. The van der Waals surface area contributed by atoms with Gasteiger partial charge in [0.05, 0.1) is 7.11 Å². The zero-order valence-corrected chi connectivity index (χ0v) is 14.0. The molecule has 0 amide bonds. The van der Waals surface area contributed by atoms with Gasteiger partial charge in [-0.25, -0.2) is 4.39 Å². The molecule has 0 heterocycles. The number of rotatable bonds is 4. The Bertz CT molecular complexity index is 829. The maximum atomic E-state index is 13.8. The Hall–Kier alpha value is -2.10. The normalized spacial score (nSPS) is 21.0. The van der Waals surface area contributed by atoms with Crippen LogP contribution < -0.4 is 0 Å². The van der Waals surface area contributed by atoms with E-state index < -0.39 is 38.6 Å². The number of halogens is 4. The molecular formula is C15H14F4O5S. The minimum atomic E-state index is -5.86. The fourth-order valence-electron chi connectivity index (χ4n) is 2.75. The Morgan fingerprint density at radius 3 is 2.48 bits per heavy atom. The number of carbonyl (C=O) groups is 1. The minimum absolute atomic E-state index is 0.101. The lowest BCUT2D eigenvalue weighted by atomic mass is 9.78. The van der Waals surface area contributed by atoms with Crippen molar-refractivity contribution in [2.45, 2.75) is 30.7 Å². The molecular weight excluding hydrogens is 368 g/mol. The van der Waals surface area contributed by atoms with E-state index in [1.807, 2.05) is 0 Å². The van der Waals surface area contributed by atoms with Crippen LogP contribution in [0.1, 0.15) is 24.0 Å². The summed E-state index contributed by atoms with van der Waals surface area (Å²) in [5.74, 6) is -2.03. The molecule has 0 spiro atoms. The van der Waals surface area contributed by atoms with Gasteiger partial charge < -0.3 is 8.92 Å². The molecule has 1 aliphatic carbocycles. The van der Waals surface area contributed by atoms with E-state index in [1.54, 1.807) is 0 Å². The summed E-state index contributed by atoms with van der Waals surface area (Å²) < 4.78 is 82.3. The Kier molecular flexibility index (Phi) is 4.86. The molecule has 10 heteroatoms. The van der Waals surface area contributed by atoms with Crippen molar-refractivity contribution in [3.05, 3.63) is 47.0 Å². The Balaban J connectivity index is 2.53. The van der Waals surface area contributed by atoms with E-state index in [-0.39, 0.29) is 24.0 Å². The third-order valence-corrected chi connectivity index (χ3v) is 4.97. The lowest BCUT2D eigenvalue weighted by Gasteiger charge is -2.26. The van der Waals surface area contributed by atoms with Gasteiger partial charge in [-0.15, -0.1) is 0 Å². The fraction of sp³-hybridized carbons (Fsp3) is 0.400. The lowest BCUT2D eigenvalue weighted by molar-refractivity contribution is -0.145. The number of ether oxygens (including phenoxy) is 1. The average molecular weight is 382 g/mol. The summed E-state index contributed by atoms with van der Waals surface area (Å²) in [6.07, 6.45) is 0.566. The molecule has 1 aromatic rings. The van der Waals surface area contributed by atoms with Crippen LogP contribution in [-0.4, -0.2) is 27.0 Å². The van der Waals surface area contributed by atoms with Crippen LogP contribution >= 0.6 is 0 Å². The first kappa shape index (κ1) is 19.2. The third-order valence-electron chi connectivity index (χ3n) is 3.97. The van der Waals surface area contributed by atoms with E-state index in [1.165, 1.54) is 19.1 Å². The maximum absolute atomic E-state index is 13.8. The summed E-state index contributed by atoms with van der Waals surface area (Å²) in [7, 11) is -4.79. The van der Waals surface area contributed by atoms with Crippen LogP contribution in [0.2, 0.25) is 0 Å². The molecule has 1 aliphatic rings. The quantitative estimate of drug-likeness (QED) is 0.346. The van der Waals surface area contributed by atoms with Crippen molar-refractivity contribution in [3.63, 3.8) is 0 Å². The second-order valence-corrected chi connectivity index (χ2v) is 7.01. The fourth-order valence-corrected chi connectivity index (χ4v) is 3.26. The SMILES string of the molecule is COC(=O)[C@]1(c2cccc(F)c2C)C=C(OS(=O)(=O)C(F)(F)F)CC1. The zero-order chi connectivity index (χ0) is 19.0. The van der Waals surface area contributed by atoms with Crippen molar-refractivity contribution in [2.24, 2.45) is 0 Å². The van der Waals surface area contributed by atoms with Gasteiger partial charge >= 0.3 is 21.6 Å². The highest BCUT2D eigenvalue weighted by Crippen LogP contribution is 2.43. The number of hydrogen-bond donors (Lipinski definition) is 0. The molecule has 0 saturated heterocycles. The summed E-state index contributed by atoms with van der Waals surface area (Å²) in [5, 5.41) is 0. The van der Waals surface area contributed by atoms with E-state index in [9.17, 15) is 30.8 Å². The smallest absolute Gasteiger partial charge is 0.468 e. The standard InChI is InChI=1S/C15H14F4O5S/c1-9-11(4-3-5-12(9)16)14(13(20)23-2)7-6-10(8-14)24-25(21,22)15(17,18)19/h3-5,8H,6-7H2,1-2H3/t14-/m0/s1. The first-order chi connectivity index (χ1) is 11.4. The van der Waals surface area contributed by atoms with Crippen molar-refractivity contribution in [3.8, 4) is 0 Å². The Morgan fingerprint density at radius 2 is 1.92 bits per heavy atom. The average Bonchev–Trinajstić information content (AvgIpc) is 2.92. The molecule has 0 bridgehead atoms. The first-order valence-electron chi connectivity index (χ1n) is 7.01. The van der Waals surface area contributed by atoms with Gasteiger partial charge in [-0.2, -0.15) is 21.6 Å². The van der Waals surface area contributed by atoms with Crippen molar-refractivity contribution in [1.29, 1.82) is 0 Å². The molecule has 138 valence electrons. The van der Waals surface area contributed by atoms with Gasteiger partial charge in [0.15, 0.2) is 0 Å². The number of methoxy groups -OCH3 is 1. The van der Waals surface area contributed by atoms with Crippen LogP contribution in [0.4, 0.5) is 17.6 Å². The predicted octanol–water partition coefficient (Wildman–Crippen LogP) is 3.09. The molecule has 1 atom stereocenters. The number of esters is 1. The molecule has 0 unspecified atom stereocenters. The van der Waals surface area contributed by atoms with Crippen molar-refractivity contribution >= 4 is 16.1 Å². The number of alkyl halides is 3. The van der Waals surface area contributed by atoms with E-state index >= 15 is 0 Å². The highest BCUT2D eigenvalue weighted by Gasteiger charge is 2.51. The predicted molar refractivity (Wildman–Crippen MR) is 78.2 cm³/mol. The molecule has 0 aromatic heterocycles. The van der Waals surface area contributed by atoms with Crippen LogP contribution in [0, 0.1) is 12.7 Å². The molecule has 0 radical (unpaired) electrons. The molecule has 5 nitrogen and oxygen atoms in total. The first-order valence-corrected chi connectivity index (χ1v) is 8.42. The van der Waals surface area contributed by atoms with Gasteiger partial charge in [0, 0.05) is 6.42 Å². The third kappa shape index (κ3) is 3.35. The van der Waals surface area contributed by atoms with Gasteiger partial charge in [-0.1, -0.05) is 12.1 Å². The molecule has 1 aromatic carbocycles. The summed E-state index contributed by atoms with van der Waals surface area (Å²) in [6.45, 7) is 1.40. The van der Waals surface area contributed by atoms with Crippen LogP contribution in [0.25, 0.3) is 0 Å². The Morgan fingerprint density at radius 1 is 1.28 bits per heavy atom. The number of hydrogen-bond acceptors (Lipinski definition) is 5. The molecule has 0 N–H and O–H groups in total. The molecule has 2 rings (SSSR count). The molecule has 0 fully saturated rings. The molecule has 0 aliphatic heterocycles. The minimum Gasteiger partial charge on any atom is -0.468 e. The summed E-state index contributed by atoms with van der Waals surface area (Å²) in [4.78, 5) is 12.3. The lowest BCUT2D eigenvalue weighted by Crippen LogP contribution is -2.34.